The number of fused-ring (bicyclic) bond motifs is 4. The van der Waals surface area contributed by atoms with Crippen molar-refractivity contribution >= 4 is 70.8 Å². The first-order chi connectivity index (χ1) is 12.2. The molecule has 0 fully saturated rings. The van der Waals surface area contributed by atoms with Gasteiger partial charge in [0, 0.05) is 0 Å². The minimum Gasteiger partial charge on any atom is -0.249 e. The molecule has 0 radical (unpaired) electrons. The Balaban J connectivity index is 0.00000105. The molecule has 0 unspecified atom stereocenters. The SMILES string of the molecule is I.I.[2H]C1=CC2=CC3=NC(=CC4=NC(=CC5=NC(=CC1=N2)C=C5)C=C4)C=C3. The van der Waals surface area contributed by atoms with E-state index in [9.17, 15) is 0 Å². The van der Waals surface area contributed by atoms with Crippen molar-refractivity contribution in [2.24, 2.45) is 20.0 Å². The Morgan fingerprint density at radius 3 is 1.27 bits per heavy atom. The quantitative estimate of drug-likeness (QED) is 0.379. The van der Waals surface area contributed by atoms with Crippen molar-refractivity contribution in [3.63, 3.8) is 0 Å². The van der Waals surface area contributed by atoms with Gasteiger partial charge in [-0.2, -0.15) is 0 Å². The van der Waals surface area contributed by atoms with Crippen LogP contribution in [0.5, 0.6) is 0 Å². The van der Waals surface area contributed by atoms with Crippen LogP contribution in [0.25, 0.3) is 0 Å². The fraction of sp³-hybridized carbons (Fsp3) is 0. The van der Waals surface area contributed by atoms with E-state index in [2.05, 4.69) is 20.0 Å². The van der Waals surface area contributed by atoms with Gasteiger partial charge in [0.1, 0.15) is 0 Å². The smallest absolute Gasteiger partial charge is 0.0659 e. The van der Waals surface area contributed by atoms with Gasteiger partial charge in [-0.15, -0.1) is 48.0 Å². The number of hydrogen-bond acceptors (Lipinski definition) is 4. The minimum absolute atomic E-state index is 0. The fourth-order valence-electron chi connectivity index (χ4n) is 2.76. The van der Waals surface area contributed by atoms with Crippen LogP contribution >= 0.6 is 48.0 Å². The summed E-state index contributed by atoms with van der Waals surface area (Å²) in [6, 6.07) is 0.379. The highest BCUT2D eigenvalue weighted by atomic mass is 127. The lowest BCUT2D eigenvalue weighted by Gasteiger charge is -1.94. The molecule has 0 aliphatic carbocycles. The Labute approximate surface area is 186 Å². The summed E-state index contributed by atoms with van der Waals surface area (Å²) in [6.07, 6.45) is 21.0. The minimum atomic E-state index is 0. The van der Waals surface area contributed by atoms with Crippen LogP contribution in [0, 0.1) is 0 Å². The van der Waals surface area contributed by atoms with Gasteiger partial charge in [0.2, 0.25) is 0 Å². The van der Waals surface area contributed by atoms with Crippen LogP contribution in [0.2, 0.25) is 0 Å². The van der Waals surface area contributed by atoms with Gasteiger partial charge in [-0.25, -0.2) is 20.0 Å². The molecule has 0 N–H and O–H groups in total. The molecular weight excluding hydrogens is 550 g/mol. The summed E-state index contributed by atoms with van der Waals surface area (Å²) in [7, 11) is 0. The number of rotatable bonds is 0. The summed E-state index contributed by atoms with van der Waals surface area (Å²) in [5, 5.41) is 0. The second kappa shape index (κ2) is 7.75. The summed E-state index contributed by atoms with van der Waals surface area (Å²) < 4.78 is 8.11. The van der Waals surface area contributed by atoms with Crippen molar-refractivity contribution in [2.45, 2.75) is 0 Å². The molecule has 128 valence electrons. The third kappa shape index (κ3) is 3.90. The molecule has 0 aromatic carbocycles. The van der Waals surface area contributed by atoms with E-state index in [1.807, 2.05) is 60.8 Å². The number of halogens is 2. The van der Waals surface area contributed by atoms with Crippen molar-refractivity contribution in [3.05, 3.63) is 95.7 Å². The van der Waals surface area contributed by atoms with Crippen LogP contribution in [-0.2, 0) is 0 Å². The zero-order chi connectivity index (χ0) is 16.8. The van der Waals surface area contributed by atoms with Crippen molar-refractivity contribution < 1.29 is 1.37 Å². The first-order valence-corrected chi connectivity index (χ1v) is 7.66. The van der Waals surface area contributed by atoms with Crippen LogP contribution < -0.4 is 0 Å². The molecule has 5 rings (SSSR count). The normalized spacial score (nSPS) is 21.8. The predicted molar refractivity (Wildman–Crippen MR) is 129 cm³/mol. The number of allylic oxidation sites excluding steroid dienone is 12. The summed E-state index contributed by atoms with van der Waals surface area (Å²) in [4.78, 5) is 18.2. The van der Waals surface area contributed by atoms with Gasteiger partial charge in [0.05, 0.1) is 47.0 Å². The predicted octanol–water partition coefficient (Wildman–Crippen LogP) is 4.81. The molecule has 8 bridgehead atoms. The standard InChI is InChI=1S/C20H12N4.2HI/c1-2-14-10-16-5-6-18(23-16)12-20-8-7-19(24-20)11-17-4-3-15(22-17)9-13(1)21-14;;/h1-12H;2*1H/i1D;;. The second-order valence-corrected chi connectivity index (χ2v) is 5.67. The number of hydrogen-bond donors (Lipinski definition) is 0. The van der Waals surface area contributed by atoms with Gasteiger partial charge < -0.3 is 0 Å². The second-order valence-electron chi connectivity index (χ2n) is 5.67. The highest BCUT2D eigenvalue weighted by Gasteiger charge is 2.11. The first kappa shape index (κ1) is 17.5. The number of nitrogens with zero attached hydrogens (tertiary/aromatic N) is 4. The zero-order valence-corrected chi connectivity index (χ0v) is 18.1. The molecule has 5 aliphatic rings. The van der Waals surface area contributed by atoms with Gasteiger partial charge in [-0.05, 0) is 72.9 Å². The van der Waals surface area contributed by atoms with Crippen molar-refractivity contribution in [2.75, 3.05) is 0 Å². The van der Waals surface area contributed by atoms with Crippen LogP contribution in [0.3, 0.4) is 0 Å². The number of aliphatic imine (C=N–C) groups is 4. The molecule has 0 aromatic heterocycles. The molecule has 26 heavy (non-hydrogen) atoms. The van der Waals surface area contributed by atoms with E-state index in [0.717, 1.165) is 39.9 Å². The first-order valence-electron chi connectivity index (χ1n) is 8.16. The van der Waals surface area contributed by atoms with E-state index < -0.39 is 0 Å². The lowest BCUT2D eigenvalue weighted by atomic mass is 10.2. The Morgan fingerprint density at radius 1 is 0.462 bits per heavy atom. The topological polar surface area (TPSA) is 49.4 Å². The maximum absolute atomic E-state index is 8.11. The van der Waals surface area contributed by atoms with Crippen LogP contribution in [0.15, 0.2) is 116 Å². The highest BCUT2D eigenvalue weighted by Crippen LogP contribution is 2.20. The summed E-state index contributed by atoms with van der Waals surface area (Å²) in [5.74, 6) is 0. The van der Waals surface area contributed by atoms with E-state index in [1.54, 1.807) is 6.08 Å². The van der Waals surface area contributed by atoms with Crippen molar-refractivity contribution in [3.8, 4) is 0 Å². The van der Waals surface area contributed by atoms with E-state index >= 15 is 0 Å². The largest absolute Gasteiger partial charge is 0.249 e. The molecule has 0 aromatic rings. The average Bonchev–Trinajstić information content (AvgIpc) is 3.33. The Morgan fingerprint density at radius 2 is 0.808 bits per heavy atom. The fourth-order valence-corrected chi connectivity index (χ4v) is 2.76. The van der Waals surface area contributed by atoms with E-state index in [-0.39, 0.29) is 48.0 Å². The lowest BCUT2D eigenvalue weighted by molar-refractivity contribution is 1.41. The molecule has 0 amide bonds. The molecule has 6 heteroatoms. The highest BCUT2D eigenvalue weighted by molar-refractivity contribution is 14.0. The maximum Gasteiger partial charge on any atom is 0.0659 e. The van der Waals surface area contributed by atoms with E-state index in [0.29, 0.717) is 11.8 Å². The maximum atomic E-state index is 8.11. The van der Waals surface area contributed by atoms with Gasteiger partial charge in [-0.1, -0.05) is 0 Å². The summed E-state index contributed by atoms with van der Waals surface area (Å²) >= 11 is 0. The van der Waals surface area contributed by atoms with Gasteiger partial charge >= 0.3 is 0 Å². The summed E-state index contributed by atoms with van der Waals surface area (Å²) in [5.41, 5.74) is 6.33. The molecule has 4 nitrogen and oxygen atoms in total. The van der Waals surface area contributed by atoms with E-state index in [1.165, 1.54) is 0 Å². The Hall–Kier alpha value is -1.94. The van der Waals surface area contributed by atoms with Gasteiger partial charge in [0.25, 0.3) is 0 Å². The summed E-state index contributed by atoms with van der Waals surface area (Å²) in [6.45, 7) is 0. The van der Waals surface area contributed by atoms with Crippen LogP contribution in [-0.4, -0.2) is 22.8 Å². The third-order valence-corrected chi connectivity index (χ3v) is 3.84. The molecule has 5 aliphatic heterocycles. The van der Waals surface area contributed by atoms with Crippen LogP contribution in [0.1, 0.15) is 1.37 Å². The van der Waals surface area contributed by atoms with Gasteiger partial charge in [0.15, 0.2) is 0 Å². The third-order valence-electron chi connectivity index (χ3n) is 3.84. The monoisotopic (exact) mass is 565 g/mol. The zero-order valence-electron chi connectivity index (χ0n) is 14.5. The van der Waals surface area contributed by atoms with E-state index in [4.69, 9.17) is 1.37 Å². The molecule has 5 heterocycles. The lowest BCUT2D eigenvalue weighted by Crippen LogP contribution is -1.89. The molecule has 0 saturated heterocycles. The average molecular weight is 565 g/mol. The van der Waals surface area contributed by atoms with Gasteiger partial charge in [-0.3, -0.25) is 0 Å². The molecule has 0 spiro atoms. The van der Waals surface area contributed by atoms with Crippen molar-refractivity contribution in [1.82, 2.24) is 0 Å². The molecule has 0 atom stereocenters. The molecule has 0 saturated carbocycles. The van der Waals surface area contributed by atoms with Crippen molar-refractivity contribution in [1.29, 1.82) is 0 Å². The Bertz CT molecular complexity index is 1090. The molecular formula is C20H14I2N4. The van der Waals surface area contributed by atoms with Crippen LogP contribution in [0.4, 0.5) is 0 Å². The Kier molecular flexibility index (Phi) is 5.21.